The largest absolute Gasteiger partial charge is 0.388 e. The van der Waals surface area contributed by atoms with Gasteiger partial charge < -0.3 is 10.0 Å². The van der Waals surface area contributed by atoms with Gasteiger partial charge in [-0.3, -0.25) is 0 Å². The molecular formula is C18H22ClNO. The summed E-state index contributed by atoms with van der Waals surface area (Å²) in [5.74, 6) is 0. The minimum Gasteiger partial charge on any atom is -0.388 e. The van der Waals surface area contributed by atoms with E-state index >= 15 is 0 Å². The van der Waals surface area contributed by atoms with Crippen molar-refractivity contribution in [3.05, 3.63) is 70.2 Å². The van der Waals surface area contributed by atoms with E-state index in [9.17, 15) is 5.11 Å². The van der Waals surface area contributed by atoms with Crippen molar-refractivity contribution in [1.29, 1.82) is 0 Å². The van der Waals surface area contributed by atoms with Crippen LogP contribution in [0.3, 0.4) is 0 Å². The van der Waals surface area contributed by atoms with E-state index in [4.69, 9.17) is 11.6 Å². The minimum atomic E-state index is -0.468. The molecule has 0 aliphatic carbocycles. The molecule has 1 unspecified atom stereocenters. The molecule has 0 aliphatic heterocycles. The summed E-state index contributed by atoms with van der Waals surface area (Å²) in [6.07, 6.45) is 0.229. The zero-order valence-electron chi connectivity index (χ0n) is 12.6. The van der Waals surface area contributed by atoms with E-state index in [0.717, 1.165) is 18.7 Å². The van der Waals surface area contributed by atoms with Gasteiger partial charge in [-0.05, 0) is 43.7 Å². The van der Waals surface area contributed by atoms with Crippen LogP contribution in [0, 0.1) is 6.92 Å². The number of aryl methyl sites for hydroxylation is 1. The first-order chi connectivity index (χ1) is 10.0. The second-order valence-corrected chi connectivity index (χ2v) is 6.02. The molecule has 1 atom stereocenters. The molecule has 2 aromatic rings. The lowest BCUT2D eigenvalue weighted by Gasteiger charge is -2.19. The zero-order valence-corrected chi connectivity index (χ0v) is 13.3. The van der Waals surface area contributed by atoms with E-state index < -0.39 is 6.10 Å². The van der Waals surface area contributed by atoms with Crippen LogP contribution in [0.4, 0.5) is 0 Å². The molecule has 0 amide bonds. The fourth-order valence-corrected chi connectivity index (χ4v) is 2.51. The lowest BCUT2D eigenvalue weighted by molar-refractivity contribution is 0.147. The van der Waals surface area contributed by atoms with Crippen LogP contribution in [-0.4, -0.2) is 23.6 Å². The van der Waals surface area contributed by atoms with Crippen LogP contribution < -0.4 is 0 Å². The molecule has 0 bridgehead atoms. The summed E-state index contributed by atoms with van der Waals surface area (Å²) < 4.78 is 0. The maximum atomic E-state index is 10.2. The van der Waals surface area contributed by atoms with Gasteiger partial charge in [-0.15, -0.1) is 0 Å². The molecule has 2 aromatic carbocycles. The highest BCUT2D eigenvalue weighted by atomic mass is 35.5. The van der Waals surface area contributed by atoms with Gasteiger partial charge in [-0.25, -0.2) is 0 Å². The van der Waals surface area contributed by atoms with Crippen molar-refractivity contribution in [1.82, 2.24) is 4.90 Å². The van der Waals surface area contributed by atoms with Crippen molar-refractivity contribution in [3.8, 4) is 0 Å². The van der Waals surface area contributed by atoms with Crippen molar-refractivity contribution in [2.75, 3.05) is 13.6 Å². The Hall–Kier alpha value is -1.35. The lowest BCUT2D eigenvalue weighted by atomic mass is 10.1. The van der Waals surface area contributed by atoms with Gasteiger partial charge in [0.2, 0.25) is 0 Å². The van der Waals surface area contributed by atoms with Crippen LogP contribution in [0.25, 0.3) is 0 Å². The lowest BCUT2D eigenvalue weighted by Crippen LogP contribution is -2.20. The van der Waals surface area contributed by atoms with Crippen LogP contribution in [0.1, 0.15) is 29.2 Å². The van der Waals surface area contributed by atoms with Crippen LogP contribution in [0.5, 0.6) is 0 Å². The van der Waals surface area contributed by atoms with Gasteiger partial charge in [-0.2, -0.15) is 0 Å². The molecule has 0 fully saturated rings. The van der Waals surface area contributed by atoms with Gasteiger partial charge in [-0.1, -0.05) is 53.6 Å². The molecule has 0 aliphatic rings. The summed E-state index contributed by atoms with van der Waals surface area (Å²) in [7, 11) is 2.07. The number of halogens is 1. The highest BCUT2D eigenvalue weighted by Gasteiger charge is 2.09. The van der Waals surface area contributed by atoms with E-state index in [1.54, 1.807) is 0 Å². The third kappa shape index (κ3) is 5.16. The number of hydrogen-bond acceptors (Lipinski definition) is 2. The van der Waals surface area contributed by atoms with E-state index in [2.05, 4.69) is 43.1 Å². The van der Waals surface area contributed by atoms with Gasteiger partial charge in [0.25, 0.3) is 0 Å². The third-order valence-electron chi connectivity index (χ3n) is 3.59. The number of aliphatic hydroxyl groups is 1. The molecular weight excluding hydrogens is 282 g/mol. The summed E-state index contributed by atoms with van der Waals surface area (Å²) in [5.41, 5.74) is 3.45. The highest BCUT2D eigenvalue weighted by molar-refractivity contribution is 6.30. The smallest absolute Gasteiger partial charge is 0.0802 e. The first kappa shape index (κ1) is 16.0. The Bertz CT molecular complexity index is 568. The topological polar surface area (TPSA) is 23.5 Å². The summed E-state index contributed by atoms with van der Waals surface area (Å²) in [5, 5.41) is 10.9. The molecule has 1 N–H and O–H groups in total. The molecule has 2 nitrogen and oxygen atoms in total. The molecule has 0 saturated carbocycles. The summed E-state index contributed by atoms with van der Waals surface area (Å²) >= 11 is 5.95. The summed E-state index contributed by atoms with van der Waals surface area (Å²) in [4.78, 5) is 2.22. The molecule has 2 rings (SSSR count). The van der Waals surface area contributed by atoms with Crippen molar-refractivity contribution in [2.24, 2.45) is 0 Å². The molecule has 0 saturated heterocycles. The Morgan fingerprint density at radius 2 is 1.86 bits per heavy atom. The maximum Gasteiger partial charge on any atom is 0.0802 e. The van der Waals surface area contributed by atoms with E-state index in [1.807, 2.05) is 24.3 Å². The molecule has 0 heterocycles. The van der Waals surface area contributed by atoms with Gasteiger partial charge >= 0.3 is 0 Å². The first-order valence-corrected chi connectivity index (χ1v) is 7.60. The molecule has 0 radical (unpaired) electrons. The first-order valence-electron chi connectivity index (χ1n) is 7.22. The van der Waals surface area contributed by atoms with Crippen LogP contribution in [0.15, 0.2) is 48.5 Å². The van der Waals surface area contributed by atoms with Crippen molar-refractivity contribution < 1.29 is 5.11 Å². The SMILES string of the molecule is Cc1ccc(CN(C)CCC(O)c2cccc(Cl)c2)cc1. The normalized spacial score (nSPS) is 12.6. The minimum absolute atomic E-state index is 0.468. The number of nitrogens with zero attached hydrogens (tertiary/aromatic N) is 1. The fraction of sp³-hybridized carbons (Fsp3) is 0.333. The number of benzene rings is 2. The quantitative estimate of drug-likeness (QED) is 0.864. The van der Waals surface area contributed by atoms with E-state index in [0.29, 0.717) is 11.4 Å². The molecule has 21 heavy (non-hydrogen) atoms. The Morgan fingerprint density at radius 3 is 2.52 bits per heavy atom. The van der Waals surface area contributed by atoms with Crippen molar-refractivity contribution in [3.63, 3.8) is 0 Å². The van der Waals surface area contributed by atoms with Gasteiger partial charge in [0.1, 0.15) is 0 Å². The molecule has 3 heteroatoms. The monoisotopic (exact) mass is 303 g/mol. The molecule has 0 aromatic heterocycles. The van der Waals surface area contributed by atoms with Crippen LogP contribution in [0.2, 0.25) is 5.02 Å². The predicted octanol–water partition coefficient (Wildman–Crippen LogP) is 4.20. The standard InChI is InChI=1S/C18H22ClNO/c1-14-6-8-15(9-7-14)13-20(2)11-10-18(21)16-4-3-5-17(19)12-16/h3-9,12,18,21H,10-11,13H2,1-2H3. The molecule has 112 valence electrons. The van der Waals surface area contributed by atoms with Crippen molar-refractivity contribution >= 4 is 11.6 Å². The number of hydrogen-bond donors (Lipinski definition) is 1. The number of aliphatic hydroxyl groups excluding tert-OH is 1. The average Bonchev–Trinajstić information content (AvgIpc) is 2.47. The molecule has 0 spiro atoms. The van der Waals surface area contributed by atoms with E-state index in [1.165, 1.54) is 11.1 Å². The van der Waals surface area contributed by atoms with Crippen molar-refractivity contribution in [2.45, 2.75) is 26.0 Å². The highest BCUT2D eigenvalue weighted by Crippen LogP contribution is 2.20. The Kier molecular flexibility index (Phi) is 5.80. The van der Waals surface area contributed by atoms with Gasteiger partial charge in [0.05, 0.1) is 6.10 Å². The maximum absolute atomic E-state index is 10.2. The van der Waals surface area contributed by atoms with Crippen LogP contribution in [-0.2, 0) is 6.54 Å². The Labute approximate surface area is 132 Å². The zero-order chi connectivity index (χ0) is 15.2. The average molecular weight is 304 g/mol. The van der Waals surface area contributed by atoms with Crippen LogP contribution >= 0.6 is 11.6 Å². The Morgan fingerprint density at radius 1 is 1.14 bits per heavy atom. The Balaban J connectivity index is 1.83. The van der Waals surface area contributed by atoms with Gasteiger partial charge in [0, 0.05) is 18.1 Å². The second kappa shape index (κ2) is 7.60. The summed E-state index contributed by atoms with van der Waals surface area (Å²) in [6, 6.07) is 16.0. The van der Waals surface area contributed by atoms with Gasteiger partial charge in [0.15, 0.2) is 0 Å². The number of rotatable bonds is 6. The summed E-state index contributed by atoms with van der Waals surface area (Å²) in [6.45, 7) is 3.82. The third-order valence-corrected chi connectivity index (χ3v) is 3.83. The second-order valence-electron chi connectivity index (χ2n) is 5.58. The predicted molar refractivity (Wildman–Crippen MR) is 88.5 cm³/mol. The fourth-order valence-electron chi connectivity index (χ4n) is 2.31. The van der Waals surface area contributed by atoms with E-state index in [-0.39, 0.29) is 0 Å².